The second-order valence-corrected chi connectivity index (χ2v) is 8.12. The molecular formula is C22H25ClN4O2S. The minimum absolute atomic E-state index is 0.222. The van der Waals surface area contributed by atoms with E-state index in [0.29, 0.717) is 15.6 Å². The molecule has 2 aromatic heterocycles. The van der Waals surface area contributed by atoms with Crippen LogP contribution in [0.1, 0.15) is 15.2 Å². The molecule has 2 heterocycles. The number of likely N-dealkylation sites (N-methyl/N-ethyl adjacent to an activating group) is 1. The maximum absolute atomic E-state index is 12.4. The minimum Gasteiger partial charge on any atom is -0.329 e. The van der Waals surface area contributed by atoms with Gasteiger partial charge in [0, 0.05) is 35.6 Å². The standard InChI is InChI=1S/C18H13ClN2O2S.C4H12N2/c19-14-5-3-12(4-6-14)17-13(7-9-22)10-16(24-17)18(23)21-15-2-1-8-20-11-15;1-6(2)4-3-5/h1-6,8-11H,7H2,(H,21,23);3-5H2,1-2H3. The van der Waals surface area contributed by atoms with Crippen LogP contribution in [0.15, 0.2) is 54.9 Å². The van der Waals surface area contributed by atoms with Crippen molar-refractivity contribution in [2.75, 3.05) is 32.5 Å². The van der Waals surface area contributed by atoms with Crippen molar-refractivity contribution in [3.63, 3.8) is 0 Å². The van der Waals surface area contributed by atoms with Crippen LogP contribution < -0.4 is 11.1 Å². The van der Waals surface area contributed by atoms with E-state index in [0.717, 1.165) is 35.4 Å². The monoisotopic (exact) mass is 444 g/mol. The second kappa shape index (κ2) is 12.2. The average Bonchev–Trinajstić information content (AvgIpc) is 3.14. The maximum atomic E-state index is 12.4. The van der Waals surface area contributed by atoms with Crippen LogP contribution in [-0.2, 0) is 11.2 Å². The highest BCUT2D eigenvalue weighted by Gasteiger charge is 2.16. The number of thiophene rings is 1. The summed E-state index contributed by atoms with van der Waals surface area (Å²) in [6, 6.07) is 12.6. The number of nitrogens with zero attached hydrogens (tertiary/aromatic N) is 2. The molecule has 8 heteroatoms. The number of hydrogen-bond acceptors (Lipinski definition) is 6. The van der Waals surface area contributed by atoms with Gasteiger partial charge in [0.1, 0.15) is 6.29 Å². The summed E-state index contributed by atoms with van der Waals surface area (Å²) in [6.07, 6.45) is 4.32. The lowest BCUT2D eigenvalue weighted by Crippen LogP contribution is -2.20. The number of nitrogens with one attached hydrogen (secondary N) is 1. The summed E-state index contributed by atoms with van der Waals surface area (Å²) in [6.45, 7) is 1.74. The summed E-state index contributed by atoms with van der Waals surface area (Å²) < 4.78 is 0. The summed E-state index contributed by atoms with van der Waals surface area (Å²) in [5.41, 5.74) is 7.57. The number of rotatable bonds is 7. The predicted molar refractivity (Wildman–Crippen MR) is 124 cm³/mol. The topological polar surface area (TPSA) is 88.3 Å². The van der Waals surface area contributed by atoms with Crippen molar-refractivity contribution in [3.8, 4) is 10.4 Å². The van der Waals surface area contributed by atoms with Gasteiger partial charge in [-0.05, 0) is 55.6 Å². The molecule has 158 valence electrons. The van der Waals surface area contributed by atoms with Gasteiger partial charge in [0.25, 0.3) is 5.91 Å². The zero-order valence-corrected chi connectivity index (χ0v) is 18.5. The first-order valence-electron chi connectivity index (χ1n) is 9.33. The summed E-state index contributed by atoms with van der Waals surface area (Å²) in [5, 5.41) is 3.44. The van der Waals surface area contributed by atoms with Crippen LogP contribution in [0.5, 0.6) is 0 Å². The Labute approximate surface area is 185 Å². The Kier molecular flexibility index (Phi) is 9.63. The van der Waals surface area contributed by atoms with Crippen LogP contribution in [0.25, 0.3) is 10.4 Å². The SMILES string of the molecule is CN(C)CCN.O=CCc1cc(C(=O)Nc2cccnc2)sc1-c1ccc(Cl)cc1. The number of pyridine rings is 1. The van der Waals surface area contributed by atoms with Crippen LogP contribution >= 0.6 is 22.9 Å². The Hall–Kier alpha value is -2.58. The largest absolute Gasteiger partial charge is 0.329 e. The first-order chi connectivity index (χ1) is 14.4. The number of halogens is 1. The minimum atomic E-state index is -0.222. The van der Waals surface area contributed by atoms with E-state index >= 15 is 0 Å². The number of nitrogens with two attached hydrogens (primary N) is 1. The normalized spacial score (nSPS) is 10.3. The number of aldehydes is 1. The van der Waals surface area contributed by atoms with Crippen LogP contribution in [0.4, 0.5) is 5.69 Å². The van der Waals surface area contributed by atoms with Crippen molar-refractivity contribution in [1.82, 2.24) is 9.88 Å². The predicted octanol–water partition coefficient (Wildman–Crippen LogP) is 3.96. The van der Waals surface area contributed by atoms with Crippen molar-refractivity contribution in [2.45, 2.75) is 6.42 Å². The van der Waals surface area contributed by atoms with E-state index in [1.807, 2.05) is 26.2 Å². The number of amides is 1. The molecule has 3 aromatic rings. The Balaban J connectivity index is 0.000000469. The van der Waals surface area contributed by atoms with E-state index in [2.05, 4.69) is 15.2 Å². The fourth-order valence-corrected chi connectivity index (χ4v) is 3.73. The molecule has 0 unspecified atom stereocenters. The van der Waals surface area contributed by atoms with Crippen LogP contribution in [0, 0.1) is 0 Å². The van der Waals surface area contributed by atoms with E-state index in [1.165, 1.54) is 11.3 Å². The third kappa shape index (κ3) is 7.35. The smallest absolute Gasteiger partial charge is 0.265 e. The van der Waals surface area contributed by atoms with E-state index in [1.54, 1.807) is 42.7 Å². The highest BCUT2D eigenvalue weighted by molar-refractivity contribution is 7.17. The fraction of sp³-hybridized carbons (Fsp3) is 0.227. The van der Waals surface area contributed by atoms with E-state index in [-0.39, 0.29) is 12.3 Å². The van der Waals surface area contributed by atoms with Gasteiger partial charge < -0.3 is 20.7 Å². The molecular weight excluding hydrogens is 420 g/mol. The summed E-state index contributed by atoms with van der Waals surface area (Å²) >= 11 is 7.27. The van der Waals surface area contributed by atoms with Crippen LogP contribution in [-0.4, -0.2) is 49.3 Å². The quantitative estimate of drug-likeness (QED) is 0.538. The molecule has 0 spiro atoms. The van der Waals surface area contributed by atoms with Gasteiger partial charge in [-0.1, -0.05) is 23.7 Å². The molecule has 0 radical (unpaired) electrons. The van der Waals surface area contributed by atoms with Gasteiger partial charge in [0.05, 0.1) is 16.8 Å². The number of hydrogen-bond donors (Lipinski definition) is 2. The molecule has 3 N–H and O–H groups in total. The first kappa shape index (κ1) is 23.7. The van der Waals surface area contributed by atoms with E-state index in [4.69, 9.17) is 17.3 Å². The molecule has 0 bridgehead atoms. The van der Waals surface area contributed by atoms with Crippen molar-refractivity contribution >= 4 is 40.8 Å². The van der Waals surface area contributed by atoms with Crippen molar-refractivity contribution in [1.29, 1.82) is 0 Å². The van der Waals surface area contributed by atoms with Gasteiger partial charge >= 0.3 is 0 Å². The van der Waals surface area contributed by atoms with Crippen LogP contribution in [0.3, 0.4) is 0 Å². The van der Waals surface area contributed by atoms with Gasteiger partial charge in [-0.2, -0.15) is 0 Å². The number of aromatic nitrogens is 1. The fourth-order valence-electron chi connectivity index (χ4n) is 2.52. The van der Waals surface area contributed by atoms with Gasteiger partial charge in [-0.25, -0.2) is 0 Å². The third-order valence-corrected chi connectivity index (χ3v) is 5.42. The summed E-state index contributed by atoms with van der Waals surface area (Å²) in [5.74, 6) is -0.222. The zero-order valence-electron chi connectivity index (χ0n) is 17.0. The van der Waals surface area contributed by atoms with Crippen molar-refractivity contribution in [3.05, 3.63) is 70.3 Å². The van der Waals surface area contributed by atoms with Crippen molar-refractivity contribution < 1.29 is 9.59 Å². The summed E-state index contributed by atoms with van der Waals surface area (Å²) in [7, 11) is 4.01. The molecule has 6 nitrogen and oxygen atoms in total. The molecule has 0 atom stereocenters. The lowest BCUT2D eigenvalue weighted by Gasteiger charge is -2.03. The highest BCUT2D eigenvalue weighted by atomic mass is 35.5. The van der Waals surface area contributed by atoms with Gasteiger partial charge in [0.2, 0.25) is 0 Å². The molecule has 30 heavy (non-hydrogen) atoms. The van der Waals surface area contributed by atoms with Gasteiger partial charge in [-0.3, -0.25) is 9.78 Å². The Morgan fingerprint density at radius 1 is 1.27 bits per heavy atom. The molecule has 0 aliphatic rings. The number of carbonyl (C=O) groups excluding carboxylic acids is 2. The lowest BCUT2D eigenvalue weighted by molar-refractivity contribution is -0.107. The third-order valence-electron chi connectivity index (χ3n) is 3.94. The Morgan fingerprint density at radius 3 is 2.53 bits per heavy atom. The highest BCUT2D eigenvalue weighted by Crippen LogP contribution is 2.34. The number of anilines is 1. The molecule has 3 rings (SSSR count). The number of benzene rings is 1. The summed E-state index contributed by atoms with van der Waals surface area (Å²) in [4.78, 5) is 30.9. The Bertz CT molecular complexity index is 944. The van der Waals surface area contributed by atoms with Crippen molar-refractivity contribution in [2.24, 2.45) is 5.73 Å². The molecule has 0 saturated heterocycles. The van der Waals surface area contributed by atoms with Gasteiger partial charge in [0.15, 0.2) is 0 Å². The zero-order chi connectivity index (χ0) is 21.9. The molecule has 0 aliphatic heterocycles. The maximum Gasteiger partial charge on any atom is 0.265 e. The van der Waals surface area contributed by atoms with E-state index < -0.39 is 0 Å². The molecule has 0 saturated carbocycles. The first-order valence-corrected chi connectivity index (χ1v) is 10.5. The molecule has 0 fully saturated rings. The van der Waals surface area contributed by atoms with Crippen LogP contribution in [0.2, 0.25) is 5.02 Å². The number of carbonyl (C=O) groups is 2. The molecule has 1 aromatic carbocycles. The Morgan fingerprint density at radius 2 is 2.00 bits per heavy atom. The lowest BCUT2D eigenvalue weighted by atomic mass is 10.1. The average molecular weight is 445 g/mol. The molecule has 1 amide bonds. The van der Waals surface area contributed by atoms with Gasteiger partial charge in [-0.15, -0.1) is 11.3 Å². The second-order valence-electron chi connectivity index (χ2n) is 6.63. The molecule has 0 aliphatic carbocycles. The van der Waals surface area contributed by atoms with E-state index in [9.17, 15) is 9.59 Å².